The van der Waals surface area contributed by atoms with E-state index in [1.54, 1.807) is 0 Å². The normalized spacial score (nSPS) is 35.4. The summed E-state index contributed by atoms with van der Waals surface area (Å²) in [5.41, 5.74) is 0. The van der Waals surface area contributed by atoms with Crippen molar-refractivity contribution >= 4 is 0 Å². The van der Waals surface area contributed by atoms with Crippen LogP contribution in [-0.2, 0) is 4.74 Å². The first-order valence-electron chi connectivity index (χ1n) is 4.14. The van der Waals surface area contributed by atoms with E-state index in [-0.39, 0.29) is 0 Å². The lowest BCUT2D eigenvalue weighted by Crippen LogP contribution is -2.32. The van der Waals surface area contributed by atoms with E-state index in [4.69, 9.17) is 4.74 Å². The molecular formula is C8H17NO. The topological polar surface area (TPSA) is 21.3 Å². The van der Waals surface area contributed by atoms with Crippen LogP contribution in [0.5, 0.6) is 0 Å². The summed E-state index contributed by atoms with van der Waals surface area (Å²) < 4.78 is 5.45. The average Bonchev–Trinajstić information content (AvgIpc) is 2.14. The van der Waals surface area contributed by atoms with E-state index in [1.807, 2.05) is 0 Å². The van der Waals surface area contributed by atoms with Crippen molar-refractivity contribution in [2.24, 2.45) is 5.92 Å². The third-order valence-corrected chi connectivity index (χ3v) is 1.97. The molecule has 1 saturated heterocycles. The molecule has 0 aromatic rings. The van der Waals surface area contributed by atoms with Crippen LogP contribution in [0.2, 0.25) is 0 Å². The Kier molecular flexibility index (Phi) is 3.16. The van der Waals surface area contributed by atoms with Crippen LogP contribution < -0.4 is 5.32 Å². The number of ether oxygens (including phenoxy) is 1. The second-order valence-electron chi connectivity index (χ2n) is 3.16. The Morgan fingerprint density at radius 2 is 2.30 bits per heavy atom. The Morgan fingerprint density at radius 1 is 1.50 bits per heavy atom. The lowest BCUT2D eigenvalue weighted by Gasteiger charge is -2.11. The molecule has 0 saturated carbocycles. The molecule has 2 nitrogen and oxygen atoms in total. The first-order valence-corrected chi connectivity index (χ1v) is 4.14. The molecule has 1 rings (SSSR count). The molecule has 1 aliphatic rings. The molecule has 0 amide bonds. The molecule has 0 radical (unpaired) electrons. The van der Waals surface area contributed by atoms with Gasteiger partial charge in [0.2, 0.25) is 0 Å². The van der Waals surface area contributed by atoms with Crippen molar-refractivity contribution in [3.05, 3.63) is 0 Å². The fourth-order valence-electron chi connectivity index (χ4n) is 1.16. The quantitative estimate of drug-likeness (QED) is 0.591. The second-order valence-corrected chi connectivity index (χ2v) is 3.16. The highest BCUT2D eigenvalue weighted by Crippen LogP contribution is 2.02. The maximum absolute atomic E-state index is 5.45. The van der Waals surface area contributed by atoms with Crippen LogP contribution in [0.15, 0.2) is 0 Å². The third kappa shape index (κ3) is 2.27. The fraction of sp³-hybridized carbons (Fsp3) is 1.00. The van der Waals surface area contributed by atoms with Crippen molar-refractivity contribution in [3.63, 3.8) is 0 Å². The van der Waals surface area contributed by atoms with Gasteiger partial charge in [-0.25, -0.2) is 0 Å². The van der Waals surface area contributed by atoms with Crippen molar-refractivity contribution < 1.29 is 4.74 Å². The van der Waals surface area contributed by atoms with Crippen LogP contribution in [0.1, 0.15) is 20.3 Å². The molecule has 2 atom stereocenters. The first-order chi connectivity index (χ1) is 4.83. The lowest BCUT2D eigenvalue weighted by atomic mass is 10.2. The van der Waals surface area contributed by atoms with Gasteiger partial charge in [0, 0.05) is 12.6 Å². The van der Waals surface area contributed by atoms with E-state index in [2.05, 4.69) is 19.2 Å². The molecule has 1 aliphatic heterocycles. The van der Waals surface area contributed by atoms with Gasteiger partial charge in [0.05, 0.1) is 13.2 Å². The Hall–Kier alpha value is -0.0800. The van der Waals surface area contributed by atoms with E-state index < -0.39 is 0 Å². The molecule has 1 fully saturated rings. The molecule has 0 aliphatic carbocycles. The standard InChI is InChI=1S/C8H17NO/c1-3-8-6-10-5-7(2)4-9-8/h7-9H,3-6H2,1-2H3. The maximum atomic E-state index is 5.45. The van der Waals surface area contributed by atoms with Crippen LogP contribution in [-0.4, -0.2) is 25.8 Å². The summed E-state index contributed by atoms with van der Waals surface area (Å²) in [5.74, 6) is 0.677. The SMILES string of the molecule is CCC1COCC(C)CN1. The largest absolute Gasteiger partial charge is 0.380 e. The van der Waals surface area contributed by atoms with Crippen LogP contribution in [0.4, 0.5) is 0 Å². The molecule has 0 aromatic carbocycles. The van der Waals surface area contributed by atoms with Crippen LogP contribution >= 0.6 is 0 Å². The van der Waals surface area contributed by atoms with Gasteiger partial charge in [-0.05, 0) is 12.3 Å². The van der Waals surface area contributed by atoms with Gasteiger partial charge in [-0.3, -0.25) is 0 Å². The Morgan fingerprint density at radius 3 is 3.00 bits per heavy atom. The van der Waals surface area contributed by atoms with Crippen molar-refractivity contribution in [1.29, 1.82) is 0 Å². The zero-order chi connectivity index (χ0) is 7.40. The average molecular weight is 143 g/mol. The lowest BCUT2D eigenvalue weighted by molar-refractivity contribution is 0.112. The molecule has 1 heterocycles. The minimum atomic E-state index is 0.588. The van der Waals surface area contributed by atoms with Gasteiger partial charge in [-0.15, -0.1) is 0 Å². The molecule has 60 valence electrons. The highest BCUT2D eigenvalue weighted by molar-refractivity contribution is 4.69. The summed E-state index contributed by atoms with van der Waals surface area (Å²) in [5, 5.41) is 3.46. The van der Waals surface area contributed by atoms with E-state index in [9.17, 15) is 0 Å². The summed E-state index contributed by atoms with van der Waals surface area (Å²) in [6.07, 6.45) is 1.17. The van der Waals surface area contributed by atoms with E-state index in [0.717, 1.165) is 19.8 Å². The maximum Gasteiger partial charge on any atom is 0.0619 e. The molecule has 10 heavy (non-hydrogen) atoms. The summed E-state index contributed by atoms with van der Waals surface area (Å²) in [4.78, 5) is 0. The zero-order valence-electron chi connectivity index (χ0n) is 6.89. The van der Waals surface area contributed by atoms with Gasteiger partial charge in [0.1, 0.15) is 0 Å². The predicted octanol–water partition coefficient (Wildman–Crippen LogP) is 1.02. The number of rotatable bonds is 1. The molecule has 0 aromatic heterocycles. The molecule has 0 spiro atoms. The Balaban J connectivity index is 2.26. The number of hydrogen-bond acceptors (Lipinski definition) is 2. The van der Waals surface area contributed by atoms with Gasteiger partial charge >= 0.3 is 0 Å². The summed E-state index contributed by atoms with van der Waals surface area (Å²) in [6, 6.07) is 0.588. The molecule has 2 unspecified atom stereocenters. The van der Waals surface area contributed by atoms with Crippen LogP contribution in [0.3, 0.4) is 0 Å². The molecule has 2 heteroatoms. The molecule has 1 N–H and O–H groups in total. The number of nitrogens with one attached hydrogen (secondary N) is 1. The van der Waals surface area contributed by atoms with E-state index in [0.29, 0.717) is 12.0 Å². The minimum absolute atomic E-state index is 0.588. The van der Waals surface area contributed by atoms with Gasteiger partial charge in [-0.2, -0.15) is 0 Å². The van der Waals surface area contributed by atoms with Crippen molar-refractivity contribution in [2.45, 2.75) is 26.3 Å². The molecule has 0 bridgehead atoms. The highest BCUT2D eigenvalue weighted by Gasteiger charge is 2.12. The first kappa shape index (κ1) is 8.02. The smallest absolute Gasteiger partial charge is 0.0619 e. The van der Waals surface area contributed by atoms with Crippen molar-refractivity contribution in [1.82, 2.24) is 5.32 Å². The minimum Gasteiger partial charge on any atom is -0.380 e. The third-order valence-electron chi connectivity index (χ3n) is 1.97. The summed E-state index contributed by atoms with van der Waals surface area (Å²) in [6.45, 7) is 7.32. The highest BCUT2D eigenvalue weighted by atomic mass is 16.5. The monoisotopic (exact) mass is 143 g/mol. The predicted molar refractivity (Wildman–Crippen MR) is 42.1 cm³/mol. The second kappa shape index (κ2) is 3.94. The van der Waals surface area contributed by atoms with Gasteiger partial charge < -0.3 is 10.1 Å². The molecular weight excluding hydrogens is 126 g/mol. The Bertz CT molecular complexity index is 95.3. The van der Waals surface area contributed by atoms with Crippen molar-refractivity contribution in [3.8, 4) is 0 Å². The van der Waals surface area contributed by atoms with E-state index >= 15 is 0 Å². The van der Waals surface area contributed by atoms with Crippen LogP contribution in [0, 0.1) is 5.92 Å². The van der Waals surface area contributed by atoms with Crippen LogP contribution in [0.25, 0.3) is 0 Å². The van der Waals surface area contributed by atoms with Gasteiger partial charge in [0.25, 0.3) is 0 Å². The van der Waals surface area contributed by atoms with Gasteiger partial charge in [0.15, 0.2) is 0 Å². The fourth-order valence-corrected chi connectivity index (χ4v) is 1.16. The van der Waals surface area contributed by atoms with E-state index in [1.165, 1.54) is 6.42 Å². The summed E-state index contributed by atoms with van der Waals surface area (Å²) in [7, 11) is 0. The zero-order valence-corrected chi connectivity index (χ0v) is 6.89. The Labute approximate surface area is 63.0 Å². The number of hydrogen-bond donors (Lipinski definition) is 1. The van der Waals surface area contributed by atoms with Crippen molar-refractivity contribution in [2.75, 3.05) is 19.8 Å². The summed E-state index contributed by atoms with van der Waals surface area (Å²) >= 11 is 0. The van der Waals surface area contributed by atoms with Gasteiger partial charge in [-0.1, -0.05) is 13.8 Å².